The Morgan fingerprint density at radius 2 is 1.29 bits per heavy atom. The van der Waals surface area contributed by atoms with Crippen molar-refractivity contribution in [2.24, 2.45) is 5.41 Å². The Balaban J connectivity index is 1.08. The first kappa shape index (κ1) is 72.1. The summed E-state index contributed by atoms with van der Waals surface area (Å²) in [7, 11) is -2.07. The molecule has 0 unspecified atom stereocenters. The number of carboxylic acids is 1. The fourth-order valence-electron chi connectivity index (χ4n) is 12.8. The molecule has 3 aliphatic heterocycles. The molecule has 0 radical (unpaired) electrons. The Morgan fingerprint density at radius 1 is 0.711 bits per heavy atom. The highest BCUT2D eigenvalue weighted by Gasteiger charge is 2.59. The number of benzene rings is 4. The molecule has 16 heteroatoms. The molecule has 14 nitrogen and oxygen atoms in total. The summed E-state index contributed by atoms with van der Waals surface area (Å²) in [5.41, 5.74) is 3.52. The third kappa shape index (κ3) is 19.1. The van der Waals surface area contributed by atoms with Gasteiger partial charge in [0.25, 0.3) is 8.32 Å². The Morgan fingerprint density at radius 3 is 1.86 bits per heavy atom. The van der Waals surface area contributed by atoms with Gasteiger partial charge in [0.2, 0.25) is 5.79 Å². The SMILES string of the molecule is C=C1C[C@H](C[C@@H]2CC(=C)C[C@H](/C=C/C(C)(C)[C@]3(OC)O[C@H](C[C@@H](O[Si](C)(C)C(C)(C)C)[C@@H](C)OCOCc4ccccc4)C/C(=C\C(=O)O)[C@@H]3OC(C)=O)O2)O[C@H](C[C@H](CCO[Si](c2ccccc2)(c2ccccc2)C(C)(C)C)OCc2ccc(OC)cc2)C1. The molecule has 1 N–H and O–H groups in total. The molecule has 0 aliphatic carbocycles. The summed E-state index contributed by atoms with van der Waals surface area (Å²) in [6.45, 7) is 35.4. The molecule has 10 atom stereocenters. The third-order valence-electron chi connectivity index (χ3n) is 18.5. The van der Waals surface area contributed by atoms with E-state index in [9.17, 15) is 14.7 Å². The number of aliphatic carboxylic acids is 1. The second-order valence-electron chi connectivity index (χ2n) is 28.0. The predicted octanol–water partition coefficient (Wildman–Crippen LogP) is 14.6. The summed E-state index contributed by atoms with van der Waals surface area (Å²) >= 11 is 0. The molecule has 3 saturated heterocycles. The van der Waals surface area contributed by atoms with E-state index in [1.165, 1.54) is 24.4 Å². The average molecular weight is 1270 g/mol. The molecule has 7 rings (SSSR count). The number of rotatable bonds is 30. The van der Waals surface area contributed by atoms with E-state index in [4.69, 9.17) is 51.5 Å². The van der Waals surface area contributed by atoms with E-state index in [0.29, 0.717) is 70.3 Å². The van der Waals surface area contributed by atoms with E-state index < -0.39 is 64.2 Å². The van der Waals surface area contributed by atoms with Crippen LogP contribution >= 0.6 is 0 Å². The smallest absolute Gasteiger partial charge is 0.328 e. The first-order chi connectivity index (χ1) is 42.6. The van der Waals surface area contributed by atoms with Crippen molar-refractivity contribution in [2.45, 2.75) is 224 Å². The second kappa shape index (κ2) is 32.0. The molecule has 0 aromatic heterocycles. The summed E-state index contributed by atoms with van der Waals surface area (Å²) in [5.74, 6) is -2.73. The summed E-state index contributed by atoms with van der Waals surface area (Å²) in [6, 6.07) is 39.4. The molecular formula is C74H104O14Si2. The Hall–Kier alpha value is -5.35. The van der Waals surface area contributed by atoms with Crippen molar-refractivity contribution in [3.05, 3.63) is 174 Å². The molecule has 4 aromatic carbocycles. The zero-order valence-corrected chi connectivity index (χ0v) is 58.3. The Kier molecular flexibility index (Phi) is 25.6. The fourth-order valence-corrected chi connectivity index (χ4v) is 18.8. The lowest BCUT2D eigenvalue weighted by Gasteiger charge is -2.53. The lowest BCUT2D eigenvalue weighted by Crippen LogP contribution is -2.66. The largest absolute Gasteiger partial charge is 0.497 e. The van der Waals surface area contributed by atoms with Gasteiger partial charge in [0.15, 0.2) is 14.4 Å². The zero-order valence-electron chi connectivity index (χ0n) is 56.3. The highest BCUT2D eigenvalue weighted by molar-refractivity contribution is 6.99. The maximum Gasteiger partial charge on any atom is 0.328 e. The van der Waals surface area contributed by atoms with Crippen molar-refractivity contribution >= 4 is 38.9 Å². The molecule has 3 aliphatic rings. The summed E-state index contributed by atoms with van der Waals surface area (Å²) in [5, 5.41) is 12.5. The van der Waals surface area contributed by atoms with Crippen LogP contribution in [0.4, 0.5) is 0 Å². The van der Waals surface area contributed by atoms with Gasteiger partial charge in [-0.15, -0.1) is 0 Å². The summed E-state index contributed by atoms with van der Waals surface area (Å²) in [4.78, 5) is 25.8. The lowest BCUT2D eigenvalue weighted by molar-refractivity contribution is -0.338. The first-order valence-corrected chi connectivity index (χ1v) is 37.0. The van der Waals surface area contributed by atoms with Crippen molar-refractivity contribution in [1.82, 2.24) is 0 Å². The van der Waals surface area contributed by atoms with Crippen LogP contribution < -0.4 is 15.1 Å². The van der Waals surface area contributed by atoms with E-state index in [1.807, 2.05) is 87.5 Å². The molecule has 4 aromatic rings. The molecule has 90 heavy (non-hydrogen) atoms. The molecule has 0 bridgehead atoms. The topological polar surface area (TPSA) is 156 Å². The maximum atomic E-state index is 13.1. The molecule has 3 fully saturated rings. The van der Waals surface area contributed by atoms with E-state index >= 15 is 0 Å². The molecule has 0 amide bonds. The molecule has 0 saturated carbocycles. The van der Waals surface area contributed by atoms with Gasteiger partial charge in [0.1, 0.15) is 12.5 Å². The number of carbonyl (C=O) groups excluding carboxylic acids is 1. The van der Waals surface area contributed by atoms with Gasteiger partial charge < -0.3 is 56.6 Å². The van der Waals surface area contributed by atoms with Crippen LogP contribution in [0.3, 0.4) is 0 Å². The minimum absolute atomic E-state index is 0.0299. The molecule has 3 heterocycles. The van der Waals surface area contributed by atoms with E-state index in [0.717, 1.165) is 40.5 Å². The number of hydrogen-bond donors (Lipinski definition) is 1. The number of esters is 1. The van der Waals surface area contributed by atoms with Crippen molar-refractivity contribution in [2.75, 3.05) is 27.6 Å². The van der Waals surface area contributed by atoms with Crippen molar-refractivity contribution < 1.29 is 66.2 Å². The van der Waals surface area contributed by atoms with E-state index in [1.54, 1.807) is 7.11 Å². The quantitative estimate of drug-likeness (QED) is 0.0131. The molecular weight excluding hydrogens is 1170 g/mol. The zero-order chi connectivity index (χ0) is 65.5. The summed E-state index contributed by atoms with van der Waals surface area (Å²) in [6.07, 6.45) is 6.21. The number of carboxylic acid groups (broad SMARTS) is 1. The highest BCUT2D eigenvalue weighted by atomic mass is 28.4. The summed E-state index contributed by atoms with van der Waals surface area (Å²) < 4.78 is 73.1. The standard InChI is InChI=1S/C74H104O14Si2/c1-52-40-61(36-38-73(11,12)74(79-14)70(84-55(4)75)58(45-69(76)77)44-65(87-74)48-68(88-89(15,16)71(5,6)7)54(3)82-51-80-49-56-26-20-17-21-27-56)85-63(41-52)47-64-43-53(2)42-62(86-64)46-60(81-50-57-32-34-59(78-13)35-33-57)37-39-83-90(72(8,9)10,66-28-22-18-23-29-66)67-30-24-19-25-31-67/h17-36,38,45,54,60-65,68,70H,1-2,37,39-44,46-51H2,3-16H3,(H,76,77)/b38-36+,58-45+/t54-,60+,61+,62+,63+,64-,65+,68-,70+,74-/m1/s1. The molecule has 492 valence electrons. The van der Waals surface area contributed by atoms with Crippen molar-refractivity contribution in [1.29, 1.82) is 0 Å². The number of ether oxygens (including phenoxy) is 9. The lowest BCUT2D eigenvalue weighted by atomic mass is 9.73. The number of methoxy groups -OCH3 is 2. The van der Waals surface area contributed by atoms with E-state index in [-0.39, 0.29) is 53.8 Å². The van der Waals surface area contributed by atoms with Gasteiger partial charge in [-0.25, -0.2) is 4.79 Å². The fraction of sp³-hybridized carbons (Fsp3) is 0.541. The van der Waals surface area contributed by atoms with Gasteiger partial charge >= 0.3 is 11.9 Å². The van der Waals surface area contributed by atoms with Gasteiger partial charge in [-0.1, -0.05) is 195 Å². The Labute approximate surface area is 539 Å². The predicted molar refractivity (Wildman–Crippen MR) is 360 cm³/mol. The van der Waals surface area contributed by atoms with Gasteiger partial charge in [-0.05, 0) is 108 Å². The van der Waals surface area contributed by atoms with Crippen LogP contribution in [0.25, 0.3) is 0 Å². The van der Waals surface area contributed by atoms with Crippen LogP contribution in [0, 0.1) is 5.41 Å². The van der Waals surface area contributed by atoms with Gasteiger partial charge in [0, 0.05) is 51.4 Å². The normalized spacial score (nSPS) is 23.8. The monoisotopic (exact) mass is 1270 g/mol. The average Bonchev–Trinajstić information content (AvgIpc) is 0.765. The Bertz CT molecular complexity index is 2950. The second-order valence-corrected chi connectivity index (χ2v) is 37.0. The van der Waals surface area contributed by atoms with Crippen molar-refractivity contribution in [3.63, 3.8) is 0 Å². The van der Waals surface area contributed by atoms with Gasteiger partial charge in [-0.2, -0.15) is 0 Å². The minimum atomic E-state index is -2.81. The highest BCUT2D eigenvalue weighted by Crippen LogP contribution is 2.50. The number of carbonyl (C=O) groups is 2. The van der Waals surface area contributed by atoms with Crippen LogP contribution in [0.5, 0.6) is 5.75 Å². The van der Waals surface area contributed by atoms with Crippen LogP contribution in [0.2, 0.25) is 23.2 Å². The van der Waals surface area contributed by atoms with Crippen LogP contribution in [0.1, 0.15) is 138 Å². The van der Waals surface area contributed by atoms with Crippen molar-refractivity contribution in [3.8, 4) is 5.75 Å². The van der Waals surface area contributed by atoms with E-state index in [2.05, 4.69) is 128 Å². The maximum absolute atomic E-state index is 13.1. The molecule has 0 spiro atoms. The first-order valence-electron chi connectivity index (χ1n) is 32.1. The number of hydrogen-bond acceptors (Lipinski definition) is 13. The van der Waals surface area contributed by atoms with Gasteiger partial charge in [-0.3, -0.25) is 4.79 Å². The van der Waals surface area contributed by atoms with Crippen LogP contribution in [-0.2, 0) is 69.5 Å². The van der Waals surface area contributed by atoms with Gasteiger partial charge in [0.05, 0.1) is 69.2 Å². The minimum Gasteiger partial charge on any atom is -0.497 e. The third-order valence-corrected chi connectivity index (χ3v) is 28.0. The van der Waals surface area contributed by atoms with Crippen LogP contribution in [0.15, 0.2) is 163 Å². The van der Waals surface area contributed by atoms with Crippen LogP contribution in [-0.4, -0.2) is 122 Å².